The summed E-state index contributed by atoms with van der Waals surface area (Å²) in [5.74, 6) is -0.0894. The first-order valence-electron chi connectivity index (χ1n) is 7.92. The van der Waals surface area contributed by atoms with Gasteiger partial charge in [0.2, 0.25) is 0 Å². The molecule has 0 atom stereocenters. The molecule has 4 aromatic carbocycles. The maximum absolute atomic E-state index is 11.8. The average molecular weight is 326 g/mol. The van der Waals surface area contributed by atoms with Gasteiger partial charge in [-0.05, 0) is 27.6 Å². The van der Waals surface area contributed by atoms with Crippen molar-refractivity contribution in [2.45, 2.75) is 0 Å². The first-order valence-corrected chi connectivity index (χ1v) is 7.92. The highest BCUT2D eigenvalue weighted by atomic mass is 16.3. The zero-order valence-corrected chi connectivity index (χ0v) is 13.3. The van der Waals surface area contributed by atoms with Crippen LogP contribution in [-0.4, -0.2) is 17.7 Å². The molecule has 0 spiro atoms. The van der Waals surface area contributed by atoms with E-state index in [4.69, 9.17) is 0 Å². The van der Waals surface area contributed by atoms with Crippen LogP contribution in [0.25, 0.3) is 32.7 Å². The van der Waals surface area contributed by atoms with Crippen LogP contribution in [0.1, 0.15) is 20.7 Å². The average Bonchev–Trinajstić information content (AvgIpc) is 2.66. The summed E-state index contributed by atoms with van der Waals surface area (Å²) in [5, 5.41) is 13.8. The van der Waals surface area contributed by atoms with Gasteiger partial charge in [-0.1, -0.05) is 60.7 Å². The Kier molecular flexibility index (Phi) is 3.55. The van der Waals surface area contributed by atoms with Crippen LogP contribution < -0.4 is 0 Å². The molecule has 1 N–H and O–H groups in total. The molecular weight excluding hydrogens is 312 g/mol. The molecule has 0 bridgehead atoms. The summed E-state index contributed by atoms with van der Waals surface area (Å²) in [6, 6.07) is 20.4. The number of rotatable bonds is 3. The Labute approximate surface area is 144 Å². The third-order valence-electron chi connectivity index (χ3n) is 4.52. The third kappa shape index (κ3) is 2.29. The third-order valence-corrected chi connectivity index (χ3v) is 4.52. The van der Waals surface area contributed by atoms with Gasteiger partial charge in [-0.15, -0.1) is 0 Å². The van der Waals surface area contributed by atoms with Gasteiger partial charge in [0.25, 0.3) is 0 Å². The maximum Gasteiger partial charge on any atom is 0.154 e. The van der Waals surface area contributed by atoms with Crippen molar-refractivity contribution < 1.29 is 14.7 Å². The molecule has 120 valence electrons. The van der Waals surface area contributed by atoms with Gasteiger partial charge in [0.1, 0.15) is 5.75 Å². The van der Waals surface area contributed by atoms with Crippen molar-refractivity contribution in [3.8, 4) is 16.9 Å². The summed E-state index contributed by atoms with van der Waals surface area (Å²) in [6.07, 6.45) is 1.43. The molecule has 4 rings (SSSR count). The molecule has 25 heavy (non-hydrogen) atoms. The predicted octanol–water partition coefficient (Wildman–Crippen LogP) is 4.99. The highest BCUT2D eigenvalue weighted by Gasteiger charge is 2.19. The van der Waals surface area contributed by atoms with E-state index in [1.54, 1.807) is 12.1 Å². The molecule has 0 radical (unpaired) electrons. The second-order valence-electron chi connectivity index (χ2n) is 5.89. The van der Waals surface area contributed by atoms with Crippen LogP contribution in [-0.2, 0) is 0 Å². The molecule has 3 heteroatoms. The number of carbonyl (C=O) groups is 2. The first kappa shape index (κ1) is 15.1. The van der Waals surface area contributed by atoms with Crippen LogP contribution in [0.4, 0.5) is 0 Å². The molecule has 0 saturated heterocycles. The second-order valence-corrected chi connectivity index (χ2v) is 5.89. The highest BCUT2D eigenvalue weighted by molar-refractivity contribution is 6.15. The molecule has 0 aliphatic carbocycles. The topological polar surface area (TPSA) is 54.4 Å². The van der Waals surface area contributed by atoms with Gasteiger partial charge in [-0.25, -0.2) is 0 Å². The number of carbonyl (C=O) groups excluding carboxylic acids is 2. The lowest BCUT2D eigenvalue weighted by Crippen LogP contribution is -1.96. The lowest BCUT2D eigenvalue weighted by atomic mass is 9.87. The zero-order chi connectivity index (χ0) is 17.4. The van der Waals surface area contributed by atoms with Crippen molar-refractivity contribution >= 4 is 34.1 Å². The quantitative estimate of drug-likeness (QED) is 0.540. The molecular formula is C22H14O3. The van der Waals surface area contributed by atoms with Gasteiger partial charge >= 0.3 is 0 Å². The van der Waals surface area contributed by atoms with E-state index in [1.807, 2.05) is 54.6 Å². The van der Waals surface area contributed by atoms with Crippen molar-refractivity contribution in [3.63, 3.8) is 0 Å². The second kappa shape index (κ2) is 5.87. The molecule has 3 nitrogen and oxygen atoms in total. The number of hydrogen-bond acceptors (Lipinski definition) is 3. The Bertz CT molecular complexity index is 1140. The van der Waals surface area contributed by atoms with Crippen LogP contribution in [0, 0.1) is 0 Å². The number of hydrogen-bond donors (Lipinski definition) is 1. The number of benzene rings is 4. The van der Waals surface area contributed by atoms with Crippen LogP contribution in [0.2, 0.25) is 0 Å². The van der Waals surface area contributed by atoms with E-state index >= 15 is 0 Å². The maximum atomic E-state index is 11.8. The Hall–Kier alpha value is -3.46. The molecule has 0 aliphatic rings. The summed E-state index contributed by atoms with van der Waals surface area (Å²) >= 11 is 0. The number of phenolic OH excluding ortho intramolecular Hbond substituents is 1. The van der Waals surface area contributed by atoms with Crippen molar-refractivity contribution in [2.24, 2.45) is 0 Å². The van der Waals surface area contributed by atoms with E-state index in [0.717, 1.165) is 27.8 Å². The normalized spacial score (nSPS) is 10.9. The molecule has 0 saturated carbocycles. The molecule has 0 heterocycles. The number of aromatic hydroxyl groups is 1. The first-order chi connectivity index (χ1) is 12.2. The largest absolute Gasteiger partial charge is 0.507 e. The molecule has 0 aromatic heterocycles. The minimum absolute atomic E-state index is 0.0894. The fourth-order valence-corrected chi connectivity index (χ4v) is 3.40. The van der Waals surface area contributed by atoms with Crippen molar-refractivity contribution in [3.05, 3.63) is 77.9 Å². The minimum Gasteiger partial charge on any atom is -0.507 e. The summed E-state index contributed by atoms with van der Waals surface area (Å²) in [4.78, 5) is 23.5. The van der Waals surface area contributed by atoms with Crippen molar-refractivity contribution in [1.82, 2.24) is 0 Å². The van der Waals surface area contributed by atoms with E-state index in [9.17, 15) is 14.7 Å². The van der Waals surface area contributed by atoms with Crippen LogP contribution in [0.5, 0.6) is 5.75 Å². The van der Waals surface area contributed by atoms with Crippen LogP contribution >= 0.6 is 0 Å². The summed E-state index contributed by atoms with van der Waals surface area (Å²) < 4.78 is 0. The SMILES string of the molecule is O=Cc1ccc2ccccc2c1-c1c(C=O)c(O)cc2ccccc12. The van der Waals surface area contributed by atoms with Gasteiger partial charge in [-0.2, -0.15) is 0 Å². The Morgan fingerprint density at radius 2 is 1.32 bits per heavy atom. The van der Waals surface area contributed by atoms with Gasteiger partial charge in [0, 0.05) is 16.7 Å². The molecule has 4 aromatic rings. The summed E-state index contributed by atoms with van der Waals surface area (Å²) in [6.45, 7) is 0. The van der Waals surface area contributed by atoms with E-state index in [2.05, 4.69) is 0 Å². The van der Waals surface area contributed by atoms with E-state index in [-0.39, 0.29) is 11.3 Å². The Balaban J connectivity index is 2.28. The lowest BCUT2D eigenvalue weighted by Gasteiger charge is -2.16. The zero-order valence-electron chi connectivity index (χ0n) is 13.3. The number of fused-ring (bicyclic) bond motifs is 2. The van der Waals surface area contributed by atoms with Crippen LogP contribution in [0.15, 0.2) is 66.7 Å². The molecule has 0 aliphatic heterocycles. The van der Waals surface area contributed by atoms with E-state index < -0.39 is 0 Å². The summed E-state index contributed by atoms with van der Waals surface area (Å²) in [5.41, 5.74) is 1.93. The van der Waals surface area contributed by atoms with Crippen molar-refractivity contribution in [2.75, 3.05) is 0 Å². The number of phenols is 1. The fourth-order valence-electron chi connectivity index (χ4n) is 3.40. The van der Waals surface area contributed by atoms with Gasteiger partial charge in [-0.3, -0.25) is 9.59 Å². The van der Waals surface area contributed by atoms with Gasteiger partial charge in [0.05, 0.1) is 5.56 Å². The molecule has 0 amide bonds. The summed E-state index contributed by atoms with van der Waals surface area (Å²) in [7, 11) is 0. The monoisotopic (exact) mass is 326 g/mol. The van der Waals surface area contributed by atoms with Crippen LogP contribution in [0.3, 0.4) is 0 Å². The van der Waals surface area contributed by atoms with Gasteiger partial charge < -0.3 is 5.11 Å². The Morgan fingerprint density at radius 3 is 2.00 bits per heavy atom. The smallest absolute Gasteiger partial charge is 0.154 e. The Morgan fingerprint density at radius 1 is 0.680 bits per heavy atom. The predicted molar refractivity (Wildman–Crippen MR) is 99.3 cm³/mol. The lowest BCUT2D eigenvalue weighted by molar-refractivity contribution is 0.111. The molecule has 0 unspecified atom stereocenters. The molecule has 0 fully saturated rings. The van der Waals surface area contributed by atoms with E-state index in [1.165, 1.54) is 0 Å². The highest BCUT2D eigenvalue weighted by Crippen LogP contribution is 2.41. The van der Waals surface area contributed by atoms with E-state index in [0.29, 0.717) is 23.0 Å². The standard InChI is InChI=1S/C22H14O3/c23-12-16-10-9-14-5-1-3-7-17(14)21(16)22-18-8-4-2-6-15(18)11-20(25)19(22)13-24/h1-13,25H. The van der Waals surface area contributed by atoms with Gasteiger partial charge in [0.15, 0.2) is 12.6 Å². The van der Waals surface area contributed by atoms with Crippen molar-refractivity contribution in [1.29, 1.82) is 0 Å². The minimum atomic E-state index is -0.0894. The number of aldehydes is 2. The fraction of sp³-hybridized carbons (Fsp3) is 0.